The van der Waals surface area contributed by atoms with E-state index in [0.29, 0.717) is 31.9 Å². The first-order chi connectivity index (χ1) is 13.7. The summed E-state index contributed by atoms with van der Waals surface area (Å²) in [4.78, 5) is 6.00. The summed E-state index contributed by atoms with van der Waals surface area (Å²) in [7, 11) is -3.61. The van der Waals surface area contributed by atoms with E-state index in [1.807, 2.05) is 17.0 Å². The number of pyridine rings is 1. The molecule has 9 heteroatoms. The molecule has 0 amide bonds. The van der Waals surface area contributed by atoms with E-state index in [-0.39, 0.29) is 11.4 Å². The van der Waals surface area contributed by atoms with Crippen LogP contribution in [0.3, 0.4) is 0 Å². The largest absolute Gasteiger partial charge is 0.417 e. The number of aromatic nitrogens is 1. The lowest BCUT2D eigenvalue weighted by atomic mass is 10.1. The molecule has 0 spiro atoms. The fraction of sp³-hybridized carbons (Fsp3) is 0.450. The summed E-state index contributed by atoms with van der Waals surface area (Å²) in [5.41, 5.74) is 0.300. The number of rotatable bonds is 5. The number of alkyl halides is 3. The highest BCUT2D eigenvalue weighted by molar-refractivity contribution is 7.89. The molecule has 158 valence electrons. The van der Waals surface area contributed by atoms with Crippen molar-refractivity contribution in [2.24, 2.45) is 0 Å². The smallest absolute Gasteiger partial charge is 0.355 e. The Hall–Kier alpha value is -2.13. The summed E-state index contributed by atoms with van der Waals surface area (Å²) in [5, 5.41) is 0. The van der Waals surface area contributed by atoms with Gasteiger partial charge in [0.1, 0.15) is 5.82 Å². The zero-order valence-corrected chi connectivity index (χ0v) is 17.0. The van der Waals surface area contributed by atoms with Crippen LogP contribution in [0.4, 0.5) is 19.0 Å². The SMILES string of the molecule is CCCc1ccc(S(=O)(=O)N2CCCN(c3ccc(C(F)(F)F)cn3)CC2)cc1. The molecule has 2 heterocycles. The van der Waals surface area contributed by atoms with E-state index in [2.05, 4.69) is 11.9 Å². The van der Waals surface area contributed by atoms with Crippen molar-refractivity contribution in [3.63, 3.8) is 0 Å². The number of hydrogen-bond acceptors (Lipinski definition) is 4. The van der Waals surface area contributed by atoms with Gasteiger partial charge in [-0.25, -0.2) is 13.4 Å². The van der Waals surface area contributed by atoms with E-state index in [4.69, 9.17) is 0 Å². The number of benzene rings is 1. The lowest BCUT2D eigenvalue weighted by Crippen LogP contribution is -2.35. The average molecular weight is 427 g/mol. The normalized spacial score (nSPS) is 16.6. The summed E-state index contributed by atoms with van der Waals surface area (Å²) in [5.74, 6) is 0.418. The van der Waals surface area contributed by atoms with Crippen molar-refractivity contribution in [1.82, 2.24) is 9.29 Å². The fourth-order valence-corrected chi connectivity index (χ4v) is 4.84. The van der Waals surface area contributed by atoms with E-state index in [1.165, 1.54) is 10.4 Å². The number of anilines is 1. The molecule has 29 heavy (non-hydrogen) atoms. The van der Waals surface area contributed by atoms with E-state index in [0.717, 1.165) is 30.7 Å². The maximum atomic E-state index is 13.0. The molecule has 1 aliphatic rings. The van der Waals surface area contributed by atoms with Crippen molar-refractivity contribution >= 4 is 15.8 Å². The third-order valence-electron chi connectivity index (χ3n) is 4.95. The van der Waals surface area contributed by atoms with Gasteiger partial charge in [-0.05, 0) is 42.7 Å². The molecule has 1 saturated heterocycles. The van der Waals surface area contributed by atoms with Crippen LogP contribution in [0.2, 0.25) is 0 Å². The molecule has 0 radical (unpaired) electrons. The Morgan fingerprint density at radius 2 is 1.72 bits per heavy atom. The first-order valence-electron chi connectivity index (χ1n) is 9.59. The third kappa shape index (κ3) is 5.08. The van der Waals surface area contributed by atoms with Crippen LogP contribution in [0.25, 0.3) is 0 Å². The van der Waals surface area contributed by atoms with Crippen molar-refractivity contribution in [3.05, 3.63) is 53.7 Å². The van der Waals surface area contributed by atoms with Crippen molar-refractivity contribution < 1.29 is 21.6 Å². The van der Waals surface area contributed by atoms with Crippen molar-refractivity contribution in [2.75, 3.05) is 31.1 Å². The molecular formula is C20H24F3N3O2S. The van der Waals surface area contributed by atoms with Crippen LogP contribution in [0.5, 0.6) is 0 Å². The summed E-state index contributed by atoms with van der Waals surface area (Å²) in [6.07, 6.45) is -1.16. The van der Waals surface area contributed by atoms with E-state index in [9.17, 15) is 21.6 Å². The first kappa shape index (κ1) is 21.6. The molecule has 0 unspecified atom stereocenters. The highest BCUT2D eigenvalue weighted by Gasteiger charge is 2.31. The van der Waals surface area contributed by atoms with Gasteiger partial charge in [0.25, 0.3) is 0 Å². The first-order valence-corrected chi connectivity index (χ1v) is 11.0. The van der Waals surface area contributed by atoms with Gasteiger partial charge in [0.15, 0.2) is 0 Å². The minimum Gasteiger partial charge on any atom is -0.355 e. The highest BCUT2D eigenvalue weighted by Crippen LogP contribution is 2.29. The van der Waals surface area contributed by atoms with Gasteiger partial charge in [0.2, 0.25) is 10.0 Å². The maximum absolute atomic E-state index is 13.0. The quantitative estimate of drug-likeness (QED) is 0.725. The molecule has 5 nitrogen and oxygen atoms in total. The standard InChI is InChI=1S/C20H24F3N3O2S/c1-2-4-16-5-8-18(9-6-16)29(27,28)26-12-3-11-25(13-14-26)19-10-7-17(15-24-19)20(21,22)23/h5-10,15H,2-4,11-14H2,1H3. The molecule has 0 bridgehead atoms. The molecule has 0 aliphatic carbocycles. The Balaban J connectivity index is 1.70. The van der Waals surface area contributed by atoms with Crippen LogP contribution in [0, 0.1) is 0 Å². The maximum Gasteiger partial charge on any atom is 0.417 e. The molecule has 1 aliphatic heterocycles. The van der Waals surface area contributed by atoms with E-state index in [1.54, 1.807) is 12.1 Å². The molecular weight excluding hydrogens is 403 g/mol. The van der Waals surface area contributed by atoms with Crippen LogP contribution in [-0.2, 0) is 22.6 Å². The van der Waals surface area contributed by atoms with Gasteiger partial charge >= 0.3 is 6.18 Å². The van der Waals surface area contributed by atoms with Gasteiger partial charge in [0.05, 0.1) is 10.5 Å². The summed E-state index contributed by atoms with van der Waals surface area (Å²) in [6.45, 7) is 3.57. The number of hydrogen-bond donors (Lipinski definition) is 0. The molecule has 3 rings (SSSR count). The minimum atomic E-state index is -4.43. The minimum absolute atomic E-state index is 0.252. The molecule has 1 aromatic heterocycles. The van der Waals surface area contributed by atoms with Crippen molar-refractivity contribution in [2.45, 2.75) is 37.3 Å². The topological polar surface area (TPSA) is 53.5 Å². The molecule has 0 atom stereocenters. The molecule has 1 fully saturated rings. The van der Waals surface area contributed by atoms with E-state index < -0.39 is 21.8 Å². The monoisotopic (exact) mass is 427 g/mol. The summed E-state index contributed by atoms with van der Waals surface area (Å²) >= 11 is 0. The zero-order valence-electron chi connectivity index (χ0n) is 16.2. The molecule has 0 N–H and O–H groups in total. The second-order valence-electron chi connectivity index (χ2n) is 7.04. The number of aryl methyl sites for hydroxylation is 1. The Morgan fingerprint density at radius 3 is 2.31 bits per heavy atom. The zero-order chi connectivity index (χ0) is 21.1. The number of sulfonamides is 1. The Kier molecular flexibility index (Phi) is 6.48. The number of nitrogens with zero attached hydrogens (tertiary/aromatic N) is 3. The summed E-state index contributed by atoms with van der Waals surface area (Å²) in [6, 6.07) is 9.29. The van der Waals surface area contributed by atoms with Gasteiger partial charge < -0.3 is 4.90 Å². The van der Waals surface area contributed by atoms with Gasteiger partial charge in [-0.1, -0.05) is 25.5 Å². The Bertz CT molecular complexity index is 913. The number of halogens is 3. The summed E-state index contributed by atoms with van der Waals surface area (Å²) < 4.78 is 65.5. The van der Waals surface area contributed by atoms with Crippen molar-refractivity contribution in [1.29, 1.82) is 0 Å². The van der Waals surface area contributed by atoms with Crippen LogP contribution in [0.1, 0.15) is 30.9 Å². The van der Waals surface area contributed by atoms with Crippen molar-refractivity contribution in [3.8, 4) is 0 Å². The van der Waals surface area contributed by atoms with E-state index >= 15 is 0 Å². The van der Waals surface area contributed by atoms with Crippen LogP contribution < -0.4 is 4.90 Å². The molecule has 1 aromatic carbocycles. The Labute approximate surface area is 169 Å². The third-order valence-corrected chi connectivity index (χ3v) is 6.87. The molecule has 0 saturated carbocycles. The van der Waals surface area contributed by atoms with Gasteiger partial charge in [-0.3, -0.25) is 0 Å². The fourth-order valence-electron chi connectivity index (χ4n) is 3.37. The van der Waals surface area contributed by atoms with Crippen LogP contribution in [-0.4, -0.2) is 43.9 Å². The Morgan fingerprint density at radius 1 is 1.00 bits per heavy atom. The molecule has 2 aromatic rings. The lowest BCUT2D eigenvalue weighted by molar-refractivity contribution is -0.137. The average Bonchev–Trinajstić information content (AvgIpc) is 2.95. The highest BCUT2D eigenvalue weighted by atomic mass is 32.2. The second-order valence-corrected chi connectivity index (χ2v) is 8.98. The lowest BCUT2D eigenvalue weighted by Gasteiger charge is -2.23. The second kappa shape index (κ2) is 8.71. The van der Waals surface area contributed by atoms with Gasteiger partial charge in [0, 0.05) is 32.4 Å². The van der Waals surface area contributed by atoms with Gasteiger partial charge in [-0.2, -0.15) is 17.5 Å². The predicted molar refractivity (Wildman–Crippen MR) is 105 cm³/mol. The van der Waals surface area contributed by atoms with Crippen LogP contribution >= 0.6 is 0 Å². The van der Waals surface area contributed by atoms with Gasteiger partial charge in [-0.15, -0.1) is 0 Å². The predicted octanol–water partition coefficient (Wildman–Crippen LogP) is 3.95. The van der Waals surface area contributed by atoms with Crippen LogP contribution in [0.15, 0.2) is 47.5 Å².